The van der Waals surface area contributed by atoms with E-state index in [2.05, 4.69) is 18.0 Å². The normalized spacial score (nSPS) is 11.1. The van der Waals surface area contributed by atoms with Gasteiger partial charge < -0.3 is 5.11 Å². The van der Waals surface area contributed by atoms with E-state index in [1.807, 2.05) is 18.2 Å². The summed E-state index contributed by atoms with van der Waals surface area (Å²) in [6, 6.07) is 8.00. The largest absolute Gasteiger partial charge is 0.505 e. The predicted octanol–water partition coefficient (Wildman–Crippen LogP) is 6.01. The smallest absolute Gasteiger partial charge is 0.144 e. The van der Waals surface area contributed by atoms with Gasteiger partial charge in [-0.05, 0) is 24.5 Å². The molecule has 2 rings (SSSR count). The summed E-state index contributed by atoms with van der Waals surface area (Å²) in [4.78, 5) is 4.28. The van der Waals surface area contributed by atoms with E-state index >= 15 is 0 Å². The zero-order chi connectivity index (χ0) is 15.6. The van der Waals surface area contributed by atoms with Gasteiger partial charge in [0.1, 0.15) is 11.3 Å². The molecule has 1 aromatic heterocycles. The number of hydrogen-bond acceptors (Lipinski definition) is 2. The number of hydrogen-bond donors (Lipinski definition) is 1. The van der Waals surface area contributed by atoms with Gasteiger partial charge in [0.2, 0.25) is 0 Å². The third-order valence-electron chi connectivity index (χ3n) is 4.38. The molecule has 0 fully saturated rings. The van der Waals surface area contributed by atoms with Crippen molar-refractivity contribution in [2.45, 2.75) is 71.1 Å². The Morgan fingerprint density at radius 1 is 0.864 bits per heavy atom. The van der Waals surface area contributed by atoms with Crippen LogP contribution in [0, 0.1) is 0 Å². The minimum atomic E-state index is 0.373. The Morgan fingerprint density at radius 2 is 1.55 bits per heavy atom. The van der Waals surface area contributed by atoms with Crippen LogP contribution in [0.2, 0.25) is 0 Å². The fourth-order valence-corrected chi connectivity index (χ4v) is 3.00. The Hall–Kier alpha value is -1.57. The van der Waals surface area contributed by atoms with Crippen molar-refractivity contribution in [2.75, 3.05) is 0 Å². The zero-order valence-corrected chi connectivity index (χ0v) is 13.9. The topological polar surface area (TPSA) is 33.1 Å². The summed E-state index contributed by atoms with van der Waals surface area (Å²) in [6.45, 7) is 2.26. The van der Waals surface area contributed by atoms with Crippen LogP contribution < -0.4 is 0 Å². The number of unbranched alkanes of at least 4 members (excludes halogenated alkanes) is 8. The highest BCUT2D eigenvalue weighted by molar-refractivity contribution is 5.85. The number of fused-ring (bicyclic) bond motifs is 1. The van der Waals surface area contributed by atoms with Gasteiger partial charge in [-0.15, -0.1) is 0 Å². The Morgan fingerprint density at radius 3 is 2.27 bits per heavy atom. The van der Waals surface area contributed by atoms with Crippen molar-refractivity contribution in [2.24, 2.45) is 0 Å². The number of phenolic OH excluding ortho intramolecular Hbond substituents is 1. The van der Waals surface area contributed by atoms with E-state index in [0.717, 1.165) is 29.3 Å². The molecule has 120 valence electrons. The van der Waals surface area contributed by atoms with Crippen molar-refractivity contribution in [1.29, 1.82) is 0 Å². The molecule has 2 heteroatoms. The Balaban J connectivity index is 1.68. The second-order valence-corrected chi connectivity index (χ2v) is 6.23. The van der Waals surface area contributed by atoms with Gasteiger partial charge in [-0.25, -0.2) is 0 Å². The molecule has 0 radical (unpaired) electrons. The number of aromatic nitrogens is 1. The number of aryl methyl sites for hydroxylation is 1. The lowest BCUT2D eigenvalue weighted by atomic mass is 10.0. The van der Waals surface area contributed by atoms with Gasteiger partial charge in [0.05, 0.1) is 0 Å². The van der Waals surface area contributed by atoms with Gasteiger partial charge in [-0.2, -0.15) is 0 Å². The predicted molar refractivity (Wildman–Crippen MR) is 94.3 cm³/mol. The molecule has 0 bridgehead atoms. The van der Waals surface area contributed by atoms with E-state index in [4.69, 9.17) is 0 Å². The molecule has 0 saturated heterocycles. The summed E-state index contributed by atoms with van der Waals surface area (Å²) in [5, 5.41) is 11.3. The number of aromatic hydroxyl groups is 1. The Bertz CT molecular complexity index is 565. The SMILES string of the molecule is CCCCCCCCCCCc1ccc2cccnc2c1O. The second-order valence-electron chi connectivity index (χ2n) is 6.23. The highest BCUT2D eigenvalue weighted by atomic mass is 16.3. The molecule has 0 unspecified atom stereocenters. The summed E-state index contributed by atoms with van der Waals surface area (Å²) in [5.41, 5.74) is 1.77. The lowest BCUT2D eigenvalue weighted by Gasteiger charge is -2.07. The maximum Gasteiger partial charge on any atom is 0.144 e. The van der Waals surface area contributed by atoms with Crippen LogP contribution in [0.1, 0.15) is 70.3 Å². The Kier molecular flexibility index (Phi) is 7.21. The van der Waals surface area contributed by atoms with E-state index in [-0.39, 0.29) is 0 Å². The highest BCUT2D eigenvalue weighted by Gasteiger charge is 2.06. The van der Waals surface area contributed by atoms with Crippen LogP contribution in [0.15, 0.2) is 30.5 Å². The molecule has 0 aliphatic heterocycles. The van der Waals surface area contributed by atoms with Gasteiger partial charge in [-0.3, -0.25) is 4.98 Å². The molecule has 2 aromatic rings. The maximum absolute atomic E-state index is 10.3. The third-order valence-corrected chi connectivity index (χ3v) is 4.38. The summed E-state index contributed by atoms with van der Waals surface area (Å²) >= 11 is 0. The first-order valence-electron chi connectivity index (χ1n) is 8.88. The van der Waals surface area contributed by atoms with Crippen LogP contribution in [-0.4, -0.2) is 10.1 Å². The molecule has 0 atom stereocenters. The molecule has 1 heterocycles. The van der Waals surface area contributed by atoms with Crippen LogP contribution in [0.3, 0.4) is 0 Å². The van der Waals surface area contributed by atoms with E-state index in [1.165, 1.54) is 51.4 Å². The summed E-state index contributed by atoms with van der Waals surface area (Å²) in [6.07, 6.45) is 14.7. The van der Waals surface area contributed by atoms with Gasteiger partial charge in [0.25, 0.3) is 0 Å². The van der Waals surface area contributed by atoms with Crippen molar-refractivity contribution < 1.29 is 5.11 Å². The molecule has 1 N–H and O–H groups in total. The lowest BCUT2D eigenvalue weighted by molar-refractivity contribution is 0.471. The first-order chi connectivity index (χ1) is 10.8. The molecule has 0 amide bonds. The van der Waals surface area contributed by atoms with Gasteiger partial charge >= 0.3 is 0 Å². The summed E-state index contributed by atoms with van der Waals surface area (Å²) in [7, 11) is 0. The van der Waals surface area contributed by atoms with Crippen molar-refractivity contribution in [3.05, 3.63) is 36.0 Å². The van der Waals surface area contributed by atoms with Gasteiger partial charge in [0.15, 0.2) is 0 Å². The molecule has 1 aromatic carbocycles. The molecular weight excluding hydrogens is 270 g/mol. The van der Waals surface area contributed by atoms with Crippen molar-refractivity contribution in [3.8, 4) is 5.75 Å². The molecule has 0 spiro atoms. The zero-order valence-electron chi connectivity index (χ0n) is 13.9. The molecule has 0 aliphatic rings. The van der Waals surface area contributed by atoms with Crippen molar-refractivity contribution in [1.82, 2.24) is 4.98 Å². The van der Waals surface area contributed by atoms with E-state index in [0.29, 0.717) is 5.75 Å². The van der Waals surface area contributed by atoms with Crippen LogP contribution >= 0.6 is 0 Å². The number of nitrogens with zero attached hydrogens (tertiary/aromatic N) is 1. The number of rotatable bonds is 10. The fraction of sp³-hybridized carbons (Fsp3) is 0.550. The second kappa shape index (κ2) is 9.45. The average Bonchev–Trinajstić information content (AvgIpc) is 2.55. The Labute approximate surface area is 134 Å². The number of pyridine rings is 1. The molecule has 22 heavy (non-hydrogen) atoms. The first-order valence-corrected chi connectivity index (χ1v) is 8.88. The van der Waals surface area contributed by atoms with Crippen LogP contribution in [-0.2, 0) is 6.42 Å². The van der Waals surface area contributed by atoms with Gasteiger partial charge in [0, 0.05) is 11.6 Å². The van der Waals surface area contributed by atoms with Crippen LogP contribution in [0.25, 0.3) is 10.9 Å². The quantitative estimate of drug-likeness (QED) is 0.545. The minimum Gasteiger partial charge on any atom is -0.505 e. The molecule has 0 aliphatic carbocycles. The van der Waals surface area contributed by atoms with Crippen molar-refractivity contribution >= 4 is 10.9 Å². The highest BCUT2D eigenvalue weighted by Crippen LogP contribution is 2.28. The number of phenols is 1. The molecular formula is C20H29NO. The van der Waals surface area contributed by atoms with Crippen LogP contribution in [0.5, 0.6) is 5.75 Å². The number of benzene rings is 1. The first kappa shape index (κ1) is 16.8. The molecule has 0 saturated carbocycles. The van der Waals surface area contributed by atoms with Crippen molar-refractivity contribution in [3.63, 3.8) is 0 Å². The van der Waals surface area contributed by atoms with Crippen LogP contribution in [0.4, 0.5) is 0 Å². The maximum atomic E-state index is 10.3. The van der Waals surface area contributed by atoms with Gasteiger partial charge in [-0.1, -0.05) is 76.5 Å². The monoisotopic (exact) mass is 299 g/mol. The lowest BCUT2D eigenvalue weighted by Crippen LogP contribution is -1.90. The van der Waals surface area contributed by atoms with E-state index in [1.54, 1.807) is 6.20 Å². The minimum absolute atomic E-state index is 0.373. The average molecular weight is 299 g/mol. The third kappa shape index (κ3) is 5.01. The summed E-state index contributed by atoms with van der Waals surface area (Å²) < 4.78 is 0. The fourth-order valence-electron chi connectivity index (χ4n) is 3.00. The van der Waals surface area contributed by atoms with E-state index in [9.17, 15) is 5.11 Å². The standard InChI is InChI=1S/C20H29NO/c1-2-3-4-5-6-7-8-9-10-12-18-15-14-17-13-11-16-21-19(17)20(18)22/h11,13-16,22H,2-10,12H2,1H3. The summed E-state index contributed by atoms with van der Waals surface area (Å²) in [5.74, 6) is 0.373. The van der Waals surface area contributed by atoms with E-state index < -0.39 is 0 Å². The molecule has 2 nitrogen and oxygen atoms in total.